The topological polar surface area (TPSA) is 133 Å². The fourth-order valence-corrected chi connectivity index (χ4v) is 6.02. The van der Waals surface area contributed by atoms with Crippen molar-refractivity contribution < 1.29 is 27.9 Å². The SMILES string of the molecule is CCC(C)C(NC(=O)C1N2C(=O)CC2S(=O)(=O)C1(C)C)C(=O)NC(CO)C(C)C. The number of aliphatic hydroxyl groups excluding tert-OH is 1. The molecule has 2 aliphatic heterocycles. The first-order valence-corrected chi connectivity index (χ1v) is 11.6. The second kappa shape index (κ2) is 8.22. The molecule has 0 saturated carbocycles. The van der Waals surface area contributed by atoms with Gasteiger partial charge in [-0.05, 0) is 25.7 Å². The summed E-state index contributed by atoms with van der Waals surface area (Å²) in [4.78, 5) is 39.1. The summed E-state index contributed by atoms with van der Waals surface area (Å²) in [7, 11) is -3.70. The number of aliphatic hydroxyl groups is 1. The van der Waals surface area contributed by atoms with E-state index >= 15 is 0 Å². The van der Waals surface area contributed by atoms with E-state index in [1.54, 1.807) is 0 Å². The zero-order valence-corrected chi connectivity index (χ0v) is 18.7. The lowest BCUT2D eigenvalue weighted by Crippen LogP contribution is -2.63. The average molecular weight is 432 g/mol. The molecule has 0 aromatic heterocycles. The van der Waals surface area contributed by atoms with Gasteiger partial charge in [0, 0.05) is 0 Å². The molecule has 5 unspecified atom stereocenters. The second-order valence-electron chi connectivity index (χ2n) is 8.92. The number of nitrogens with one attached hydrogen (secondary N) is 2. The lowest BCUT2D eigenvalue weighted by atomic mass is 9.94. The lowest BCUT2D eigenvalue weighted by molar-refractivity contribution is -0.150. The molecule has 0 spiro atoms. The molecule has 3 N–H and O–H groups in total. The highest BCUT2D eigenvalue weighted by Gasteiger charge is 2.67. The lowest BCUT2D eigenvalue weighted by Gasteiger charge is -2.37. The molecule has 166 valence electrons. The number of carbonyl (C=O) groups excluding carboxylic acids is 3. The van der Waals surface area contributed by atoms with Crippen LogP contribution in [0.5, 0.6) is 0 Å². The molecule has 2 heterocycles. The normalized spacial score (nSPS) is 27.6. The molecule has 10 heteroatoms. The van der Waals surface area contributed by atoms with Crippen LogP contribution in [0.15, 0.2) is 0 Å². The second-order valence-corrected chi connectivity index (χ2v) is 11.6. The van der Waals surface area contributed by atoms with Crippen molar-refractivity contribution in [2.24, 2.45) is 11.8 Å². The third-order valence-electron chi connectivity index (χ3n) is 6.35. The van der Waals surface area contributed by atoms with E-state index in [-0.39, 0.29) is 30.8 Å². The third kappa shape index (κ3) is 3.88. The molecule has 29 heavy (non-hydrogen) atoms. The van der Waals surface area contributed by atoms with Gasteiger partial charge in [-0.1, -0.05) is 34.1 Å². The largest absolute Gasteiger partial charge is 0.394 e. The Morgan fingerprint density at radius 3 is 2.28 bits per heavy atom. The van der Waals surface area contributed by atoms with Crippen LogP contribution in [0.1, 0.15) is 54.4 Å². The van der Waals surface area contributed by atoms with Gasteiger partial charge in [0.05, 0.1) is 23.8 Å². The van der Waals surface area contributed by atoms with E-state index in [0.717, 1.165) is 4.90 Å². The molecule has 0 radical (unpaired) electrons. The Bertz CT molecular complexity index is 779. The summed E-state index contributed by atoms with van der Waals surface area (Å²) in [5.41, 5.74) is 0. The fourth-order valence-electron chi connectivity index (χ4n) is 3.88. The fraction of sp³-hybridized carbons (Fsp3) is 0.842. The Labute approximate surface area is 172 Å². The molecule has 3 amide bonds. The van der Waals surface area contributed by atoms with Crippen molar-refractivity contribution in [3.8, 4) is 0 Å². The van der Waals surface area contributed by atoms with E-state index in [9.17, 15) is 27.9 Å². The van der Waals surface area contributed by atoms with E-state index < -0.39 is 49.9 Å². The first-order chi connectivity index (χ1) is 13.3. The maximum absolute atomic E-state index is 13.1. The van der Waals surface area contributed by atoms with E-state index in [1.807, 2.05) is 27.7 Å². The molecular formula is C19H33N3O6S. The summed E-state index contributed by atoms with van der Waals surface area (Å²) in [5, 5.41) is 14.0. The number of sulfone groups is 1. The van der Waals surface area contributed by atoms with Crippen molar-refractivity contribution in [1.82, 2.24) is 15.5 Å². The van der Waals surface area contributed by atoms with Crippen LogP contribution >= 0.6 is 0 Å². The van der Waals surface area contributed by atoms with E-state index in [2.05, 4.69) is 10.6 Å². The highest BCUT2D eigenvalue weighted by molar-refractivity contribution is 7.93. The van der Waals surface area contributed by atoms with E-state index in [1.165, 1.54) is 13.8 Å². The molecule has 2 aliphatic rings. The zero-order chi connectivity index (χ0) is 22.3. The molecule has 9 nitrogen and oxygen atoms in total. The summed E-state index contributed by atoms with van der Waals surface area (Å²) >= 11 is 0. The summed E-state index contributed by atoms with van der Waals surface area (Å²) in [6.45, 7) is 10.1. The average Bonchev–Trinajstić information content (AvgIpc) is 2.76. The molecular weight excluding hydrogens is 398 g/mol. The van der Waals surface area contributed by atoms with Crippen LogP contribution in [0.25, 0.3) is 0 Å². The quantitative estimate of drug-likeness (QED) is 0.455. The molecule has 0 aliphatic carbocycles. The number of nitrogens with zero attached hydrogens (tertiary/aromatic N) is 1. The van der Waals surface area contributed by atoms with Gasteiger partial charge in [-0.3, -0.25) is 14.4 Å². The minimum absolute atomic E-state index is 0.00407. The van der Waals surface area contributed by atoms with Crippen molar-refractivity contribution >= 4 is 27.6 Å². The van der Waals surface area contributed by atoms with Crippen LogP contribution in [0.2, 0.25) is 0 Å². The number of amides is 3. The minimum atomic E-state index is -3.70. The van der Waals surface area contributed by atoms with Gasteiger partial charge in [0.1, 0.15) is 17.5 Å². The van der Waals surface area contributed by atoms with Crippen LogP contribution < -0.4 is 10.6 Å². The molecule has 2 fully saturated rings. The molecule has 0 aromatic carbocycles. The predicted molar refractivity (Wildman–Crippen MR) is 107 cm³/mol. The van der Waals surface area contributed by atoms with Gasteiger partial charge < -0.3 is 20.6 Å². The van der Waals surface area contributed by atoms with Crippen molar-refractivity contribution in [1.29, 1.82) is 0 Å². The van der Waals surface area contributed by atoms with E-state index in [0.29, 0.717) is 6.42 Å². The molecule has 2 rings (SSSR count). The molecule has 5 atom stereocenters. The summed E-state index contributed by atoms with van der Waals surface area (Å²) in [6.07, 6.45) is 0.485. The maximum atomic E-state index is 13.1. The first kappa shape index (κ1) is 23.6. The Kier molecular flexibility index (Phi) is 6.69. The maximum Gasteiger partial charge on any atom is 0.245 e. The highest BCUT2D eigenvalue weighted by atomic mass is 32.2. The Morgan fingerprint density at radius 2 is 1.83 bits per heavy atom. The first-order valence-electron chi connectivity index (χ1n) is 10.1. The smallest absolute Gasteiger partial charge is 0.245 e. The van der Waals surface area contributed by atoms with E-state index in [4.69, 9.17) is 0 Å². The van der Waals surface area contributed by atoms with Crippen molar-refractivity contribution in [3.63, 3.8) is 0 Å². The van der Waals surface area contributed by atoms with Gasteiger partial charge in [0.25, 0.3) is 0 Å². The van der Waals surface area contributed by atoms with Crippen molar-refractivity contribution in [2.45, 2.75) is 82.6 Å². The van der Waals surface area contributed by atoms with Gasteiger partial charge in [-0.25, -0.2) is 8.42 Å². The summed E-state index contributed by atoms with van der Waals surface area (Å²) < 4.78 is 24.0. The number of hydrogen-bond acceptors (Lipinski definition) is 6. The highest BCUT2D eigenvalue weighted by Crippen LogP contribution is 2.45. The van der Waals surface area contributed by atoms with Gasteiger partial charge in [-0.2, -0.15) is 0 Å². The van der Waals surface area contributed by atoms with Gasteiger partial charge in [-0.15, -0.1) is 0 Å². The van der Waals surface area contributed by atoms with Crippen LogP contribution in [-0.2, 0) is 24.2 Å². The summed E-state index contributed by atoms with van der Waals surface area (Å²) in [6, 6.07) is -2.55. The van der Waals surface area contributed by atoms with Crippen LogP contribution in [0, 0.1) is 11.8 Å². The van der Waals surface area contributed by atoms with Gasteiger partial charge in [0.2, 0.25) is 17.7 Å². The number of fused-ring (bicyclic) bond motifs is 1. The van der Waals surface area contributed by atoms with Crippen LogP contribution in [-0.4, -0.2) is 71.0 Å². The number of β-lactam (4-membered cyclic amide) rings is 1. The minimum Gasteiger partial charge on any atom is -0.394 e. The number of rotatable bonds is 8. The monoisotopic (exact) mass is 431 g/mol. The van der Waals surface area contributed by atoms with Gasteiger partial charge >= 0.3 is 0 Å². The molecule has 0 aromatic rings. The third-order valence-corrected chi connectivity index (χ3v) is 9.15. The predicted octanol–water partition coefficient (Wildman–Crippen LogP) is -0.216. The van der Waals surface area contributed by atoms with Crippen LogP contribution in [0.3, 0.4) is 0 Å². The standard InChI is InChI=1S/C19H33N3O6S/c1-7-11(4)15(17(25)20-12(9-23)10(2)3)21-18(26)16-19(5,6)29(27,28)14-8-13(24)22(14)16/h10-12,14-16,23H,7-9H2,1-6H3,(H,20,25)(H,21,26). The Morgan fingerprint density at radius 1 is 1.24 bits per heavy atom. The van der Waals surface area contributed by atoms with Crippen molar-refractivity contribution in [3.05, 3.63) is 0 Å². The molecule has 0 bridgehead atoms. The summed E-state index contributed by atoms with van der Waals surface area (Å²) in [5.74, 6) is -1.70. The van der Waals surface area contributed by atoms with Gasteiger partial charge in [0.15, 0.2) is 9.84 Å². The number of hydrogen-bond donors (Lipinski definition) is 3. The van der Waals surface area contributed by atoms with Crippen molar-refractivity contribution in [2.75, 3.05) is 6.61 Å². The Balaban J connectivity index is 2.26. The zero-order valence-electron chi connectivity index (χ0n) is 17.9. The Hall–Kier alpha value is -1.68. The number of carbonyl (C=O) groups is 3. The molecule has 2 saturated heterocycles. The van der Waals surface area contributed by atoms with Crippen LogP contribution in [0.4, 0.5) is 0 Å².